The van der Waals surface area contributed by atoms with Crippen molar-refractivity contribution in [3.63, 3.8) is 0 Å². The van der Waals surface area contributed by atoms with Gasteiger partial charge in [-0.2, -0.15) is 0 Å². The first-order valence-corrected chi connectivity index (χ1v) is 6.51. The van der Waals surface area contributed by atoms with Crippen LogP contribution in [0.3, 0.4) is 0 Å². The molecule has 0 spiro atoms. The number of hydrogen-bond acceptors (Lipinski definition) is 3. The first kappa shape index (κ1) is 13.4. The van der Waals surface area contributed by atoms with E-state index in [4.69, 9.17) is 15.2 Å². The summed E-state index contributed by atoms with van der Waals surface area (Å²) in [6, 6.07) is 15.4. The molecule has 100 valence electrons. The molecule has 0 saturated heterocycles. The Morgan fingerprint density at radius 1 is 0.842 bits per heavy atom. The van der Waals surface area contributed by atoms with Gasteiger partial charge in [0.05, 0.1) is 6.61 Å². The average Bonchev–Trinajstić information content (AvgIpc) is 2.47. The number of ether oxygens (including phenoxy) is 2. The topological polar surface area (TPSA) is 44.5 Å². The van der Waals surface area contributed by atoms with Gasteiger partial charge in [0.15, 0.2) is 0 Å². The zero-order valence-electron chi connectivity index (χ0n) is 11.1. The minimum atomic E-state index is 0.545. The van der Waals surface area contributed by atoms with Gasteiger partial charge in [-0.05, 0) is 48.4 Å². The van der Waals surface area contributed by atoms with Crippen molar-refractivity contribution in [1.29, 1.82) is 0 Å². The first-order chi connectivity index (χ1) is 9.31. The van der Waals surface area contributed by atoms with Gasteiger partial charge in [-0.15, -0.1) is 0 Å². The summed E-state index contributed by atoms with van der Waals surface area (Å²) in [5.74, 6) is 2.47. The predicted molar refractivity (Wildman–Crippen MR) is 76.6 cm³/mol. The minimum Gasteiger partial charge on any atom is -0.494 e. The lowest BCUT2D eigenvalue weighted by atomic mass is 10.2. The fraction of sp³-hybridized carbons (Fsp3) is 0.250. The van der Waals surface area contributed by atoms with Crippen LogP contribution in [0.15, 0.2) is 48.5 Å². The molecule has 3 nitrogen and oxygen atoms in total. The standard InChI is InChI=1S/C16H19NO2/c1-2-11-18-14-7-9-16(10-8-14)19-15-5-3-13(12-17)4-6-15/h3-10H,2,11-12,17H2,1H3. The molecule has 0 aromatic heterocycles. The molecular weight excluding hydrogens is 238 g/mol. The van der Waals surface area contributed by atoms with Gasteiger partial charge >= 0.3 is 0 Å². The molecule has 2 N–H and O–H groups in total. The minimum absolute atomic E-state index is 0.545. The smallest absolute Gasteiger partial charge is 0.127 e. The highest BCUT2D eigenvalue weighted by atomic mass is 16.5. The van der Waals surface area contributed by atoms with Gasteiger partial charge in [0.25, 0.3) is 0 Å². The van der Waals surface area contributed by atoms with Gasteiger partial charge in [0, 0.05) is 6.54 Å². The van der Waals surface area contributed by atoms with Gasteiger partial charge < -0.3 is 15.2 Å². The largest absolute Gasteiger partial charge is 0.494 e. The van der Waals surface area contributed by atoms with E-state index in [1.165, 1.54) is 0 Å². The number of hydrogen-bond donors (Lipinski definition) is 1. The van der Waals surface area contributed by atoms with Gasteiger partial charge in [-0.25, -0.2) is 0 Å². The number of benzene rings is 2. The highest BCUT2D eigenvalue weighted by molar-refractivity contribution is 5.36. The summed E-state index contributed by atoms with van der Waals surface area (Å²) in [4.78, 5) is 0. The van der Waals surface area contributed by atoms with Crippen molar-refractivity contribution < 1.29 is 9.47 Å². The van der Waals surface area contributed by atoms with Crippen LogP contribution in [0.2, 0.25) is 0 Å². The Kier molecular flexibility index (Phi) is 4.81. The van der Waals surface area contributed by atoms with E-state index in [-0.39, 0.29) is 0 Å². The Morgan fingerprint density at radius 3 is 1.89 bits per heavy atom. The van der Waals surface area contributed by atoms with E-state index in [1.807, 2.05) is 48.5 Å². The Labute approximate surface area is 114 Å². The fourth-order valence-corrected chi connectivity index (χ4v) is 1.65. The maximum Gasteiger partial charge on any atom is 0.127 e. The van der Waals surface area contributed by atoms with Crippen molar-refractivity contribution in [3.8, 4) is 17.2 Å². The van der Waals surface area contributed by atoms with E-state index < -0.39 is 0 Å². The molecular formula is C16H19NO2. The molecule has 3 heteroatoms. The Balaban J connectivity index is 1.98. The molecule has 0 fully saturated rings. The second-order valence-electron chi connectivity index (χ2n) is 4.27. The van der Waals surface area contributed by atoms with Crippen molar-refractivity contribution in [2.45, 2.75) is 19.9 Å². The van der Waals surface area contributed by atoms with Crippen LogP contribution >= 0.6 is 0 Å². The van der Waals surface area contributed by atoms with Crippen molar-refractivity contribution in [1.82, 2.24) is 0 Å². The average molecular weight is 257 g/mol. The monoisotopic (exact) mass is 257 g/mol. The Morgan fingerprint density at radius 2 is 1.37 bits per heavy atom. The summed E-state index contributed by atoms with van der Waals surface area (Å²) >= 11 is 0. The lowest BCUT2D eigenvalue weighted by Crippen LogP contribution is -1.95. The molecule has 0 bridgehead atoms. The normalized spacial score (nSPS) is 10.2. The maximum absolute atomic E-state index is 5.74. The maximum atomic E-state index is 5.74. The van der Waals surface area contributed by atoms with Crippen LogP contribution in [0, 0.1) is 0 Å². The number of rotatable bonds is 6. The quantitative estimate of drug-likeness (QED) is 0.857. The summed E-state index contributed by atoms with van der Waals surface area (Å²) in [6.45, 7) is 3.37. The van der Waals surface area contributed by atoms with Crippen LogP contribution in [-0.2, 0) is 6.54 Å². The molecule has 0 atom stereocenters. The van der Waals surface area contributed by atoms with E-state index in [9.17, 15) is 0 Å². The zero-order valence-corrected chi connectivity index (χ0v) is 11.1. The second-order valence-corrected chi connectivity index (χ2v) is 4.27. The van der Waals surface area contributed by atoms with Crippen LogP contribution in [0.4, 0.5) is 0 Å². The SMILES string of the molecule is CCCOc1ccc(Oc2ccc(CN)cc2)cc1. The van der Waals surface area contributed by atoms with Crippen molar-refractivity contribution in [2.75, 3.05) is 6.61 Å². The molecule has 0 heterocycles. The number of nitrogens with two attached hydrogens (primary N) is 1. The molecule has 2 rings (SSSR count). The molecule has 0 unspecified atom stereocenters. The molecule has 0 aliphatic heterocycles. The van der Waals surface area contributed by atoms with Crippen molar-refractivity contribution >= 4 is 0 Å². The second kappa shape index (κ2) is 6.81. The molecule has 0 aliphatic carbocycles. The van der Waals surface area contributed by atoms with Crippen molar-refractivity contribution in [3.05, 3.63) is 54.1 Å². The van der Waals surface area contributed by atoms with Crippen LogP contribution < -0.4 is 15.2 Å². The van der Waals surface area contributed by atoms with Crippen LogP contribution in [0.5, 0.6) is 17.2 Å². The van der Waals surface area contributed by atoms with E-state index in [1.54, 1.807) is 0 Å². The highest BCUT2D eigenvalue weighted by Gasteiger charge is 1.99. The first-order valence-electron chi connectivity index (χ1n) is 6.51. The predicted octanol–water partition coefficient (Wildman–Crippen LogP) is 3.73. The zero-order chi connectivity index (χ0) is 13.5. The summed E-state index contributed by atoms with van der Waals surface area (Å²) in [6.07, 6.45) is 1.01. The lowest BCUT2D eigenvalue weighted by Gasteiger charge is -2.08. The third-order valence-corrected chi connectivity index (χ3v) is 2.69. The summed E-state index contributed by atoms with van der Waals surface area (Å²) < 4.78 is 11.3. The Hall–Kier alpha value is -2.00. The van der Waals surface area contributed by atoms with E-state index in [0.717, 1.165) is 35.8 Å². The molecule has 0 amide bonds. The van der Waals surface area contributed by atoms with Gasteiger partial charge in [-0.1, -0.05) is 19.1 Å². The van der Waals surface area contributed by atoms with Gasteiger partial charge in [0.2, 0.25) is 0 Å². The summed E-state index contributed by atoms with van der Waals surface area (Å²) in [5, 5.41) is 0. The third-order valence-electron chi connectivity index (χ3n) is 2.69. The molecule has 19 heavy (non-hydrogen) atoms. The van der Waals surface area contributed by atoms with Gasteiger partial charge in [0.1, 0.15) is 17.2 Å². The summed E-state index contributed by atoms with van der Waals surface area (Å²) in [5.41, 5.74) is 6.65. The van der Waals surface area contributed by atoms with E-state index in [0.29, 0.717) is 6.54 Å². The molecule has 2 aromatic rings. The van der Waals surface area contributed by atoms with Gasteiger partial charge in [-0.3, -0.25) is 0 Å². The summed E-state index contributed by atoms with van der Waals surface area (Å²) in [7, 11) is 0. The Bertz CT molecular complexity index is 491. The van der Waals surface area contributed by atoms with Crippen molar-refractivity contribution in [2.24, 2.45) is 5.73 Å². The van der Waals surface area contributed by atoms with Crippen LogP contribution in [0.25, 0.3) is 0 Å². The highest BCUT2D eigenvalue weighted by Crippen LogP contribution is 2.24. The lowest BCUT2D eigenvalue weighted by molar-refractivity contribution is 0.317. The molecule has 2 aromatic carbocycles. The van der Waals surface area contributed by atoms with Crippen LogP contribution in [0.1, 0.15) is 18.9 Å². The fourth-order valence-electron chi connectivity index (χ4n) is 1.65. The van der Waals surface area contributed by atoms with E-state index >= 15 is 0 Å². The molecule has 0 aliphatic rings. The van der Waals surface area contributed by atoms with Crippen LogP contribution in [-0.4, -0.2) is 6.61 Å². The molecule has 0 saturated carbocycles. The molecule has 0 radical (unpaired) electrons. The third kappa shape index (κ3) is 4.00. The van der Waals surface area contributed by atoms with E-state index in [2.05, 4.69) is 6.92 Å².